The highest BCUT2D eigenvalue weighted by molar-refractivity contribution is 7.07. The lowest BCUT2D eigenvalue weighted by atomic mass is 10.1. The van der Waals surface area contributed by atoms with Crippen molar-refractivity contribution in [3.8, 4) is 0 Å². The lowest BCUT2D eigenvalue weighted by Crippen LogP contribution is -2.11. The maximum atomic E-state index is 6.00. The highest BCUT2D eigenvalue weighted by atomic mass is 32.1. The van der Waals surface area contributed by atoms with Gasteiger partial charge in [-0.25, -0.2) is 4.98 Å². The Morgan fingerprint density at radius 2 is 2.00 bits per heavy atom. The molecule has 2 N–H and O–H groups in total. The van der Waals surface area contributed by atoms with Crippen LogP contribution in [0.3, 0.4) is 0 Å². The van der Waals surface area contributed by atoms with Crippen molar-refractivity contribution in [3.63, 3.8) is 0 Å². The minimum absolute atomic E-state index is 0.0903. The Bertz CT molecular complexity index is 356. The second-order valence-electron chi connectivity index (χ2n) is 2.80. The monoisotopic (exact) mass is 190 g/mol. The summed E-state index contributed by atoms with van der Waals surface area (Å²) in [6, 6.07) is 9.90. The van der Waals surface area contributed by atoms with E-state index in [1.807, 2.05) is 35.7 Å². The van der Waals surface area contributed by atoms with E-state index in [1.54, 1.807) is 16.8 Å². The Morgan fingerprint density at radius 1 is 1.23 bits per heavy atom. The summed E-state index contributed by atoms with van der Waals surface area (Å²) in [6.07, 6.45) is 0. The highest BCUT2D eigenvalue weighted by Gasteiger charge is 2.08. The van der Waals surface area contributed by atoms with Gasteiger partial charge in [0.15, 0.2) is 0 Å². The van der Waals surface area contributed by atoms with E-state index in [0.717, 1.165) is 11.3 Å². The van der Waals surface area contributed by atoms with Gasteiger partial charge in [-0.3, -0.25) is 0 Å². The fourth-order valence-corrected chi connectivity index (χ4v) is 1.80. The van der Waals surface area contributed by atoms with Crippen LogP contribution < -0.4 is 5.73 Å². The van der Waals surface area contributed by atoms with E-state index in [2.05, 4.69) is 4.98 Å². The third-order valence-corrected chi connectivity index (χ3v) is 2.53. The van der Waals surface area contributed by atoms with E-state index in [1.165, 1.54) is 0 Å². The smallest absolute Gasteiger partial charge is 0.0795 e. The van der Waals surface area contributed by atoms with Crippen molar-refractivity contribution in [1.82, 2.24) is 4.98 Å². The van der Waals surface area contributed by atoms with Crippen molar-refractivity contribution >= 4 is 11.3 Å². The van der Waals surface area contributed by atoms with Crippen LogP contribution in [0.5, 0.6) is 0 Å². The second-order valence-corrected chi connectivity index (χ2v) is 3.52. The van der Waals surface area contributed by atoms with Crippen molar-refractivity contribution in [3.05, 3.63) is 52.5 Å². The molecule has 0 amide bonds. The lowest BCUT2D eigenvalue weighted by Gasteiger charge is -2.07. The third-order valence-electron chi connectivity index (χ3n) is 1.93. The molecule has 3 heteroatoms. The van der Waals surface area contributed by atoms with Crippen LogP contribution >= 0.6 is 11.3 Å². The molecule has 0 saturated carbocycles. The van der Waals surface area contributed by atoms with Crippen molar-refractivity contribution in [2.24, 2.45) is 5.73 Å². The summed E-state index contributed by atoms with van der Waals surface area (Å²) < 4.78 is 0. The fraction of sp³-hybridized carbons (Fsp3) is 0.100. The van der Waals surface area contributed by atoms with E-state index in [9.17, 15) is 0 Å². The Hall–Kier alpha value is -1.19. The largest absolute Gasteiger partial charge is 0.319 e. The van der Waals surface area contributed by atoms with Crippen LogP contribution in [0.25, 0.3) is 0 Å². The van der Waals surface area contributed by atoms with E-state index < -0.39 is 0 Å². The van der Waals surface area contributed by atoms with Gasteiger partial charge in [-0.05, 0) is 5.56 Å². The summed E-state index contributed by atoms with van der Waals surface area (Å²) in [7, 11) is 0. The molecule has 1 aromatic carbocycles. The molecule has 2 nitrogen and oxygen atoms in total. The minimum atomic E-state index is -0.0903. The van der Waals surface area contributed by atoms with Crippen LogP contribution in [0, 0.1) is 0 Å². The third kappa shape index (κ3) is 1.76. The van der Waals surface area contributed by atoms with Crippen LogP contribution in [0.4, 0.5) is 0 Å². The Balaban J connectivity index is 2.29. The van der Waals surface area contributed by atoms with Crippen molar-refractivity contribution in [1.29, 1.82) is 0 Å². The van der Waals surface area contributed by atoms with E-state index in [4.69, 9.17) is 5.73 Å². The first-order chi connectivity index (χ1) is 6.38. The maximum absolute atomic E-state index is 6.00. The maximum Gasteiger partial charge on any atom is 0.0795 e. The van der Waals surface area contributed by atoms with Crippen LogP contribution in [0.15, 0.2) is 41.2 Å². The standard InChI is InChI=1S/C10H10N2S/c11-10(9-6-13-7-12-9)8-4-2-1-3-5-8/h1-7,10H,11H2. The Labute approximate surface area is 81.1 Å². The number of aromatic nitrogens is 1. The molecule has 0 spiro atoms. The summed E-state index contributed by atoms with van der Waals surface area (Å²) in [5.74, 6) is 0. The van der Waals surface area contributed by atoms with Gasteiger partial charge >= 0.3 is 0 Å². The fourth-order valence-electron chi connectivity index (χ4n) is 1.21. The second kappa shape index (κ2) is 3.68. The molecule has 13 heavy (non-hydrogen) atoms. The van der Waals surface area contributed by atoms with Gasteiger partial charge in [-0.15, -0.1) is 11.3 Å². The molecular formula is C10H10N2S. The zero-order valence-corrected chi connectivity index (χ0v) is 7.87. The Kier molecular flexibility index (Phi) is 2.38. The molecule has 1 unspecified atom stereocenters. The zero-order valence-electron chi connectivity index (χ0n) is 7.05. The molecule has 2 aromatic rings. The molecule has 0 aliphatic carbocycles. The summed E-state index contributed by atoms with van der Waals surface area (Å²) in [4.78, 5) is 4.19. The van der Waals surface area contributed by atoms with Gasteiger partial charge in [0.25, 0.3) is 0 Å². The molecule has 0 saturated heterocycles. The number of thiazole rings is 1. The van der Waals surface area contributed by atoms with Crippen LogP contribution in [0.1, 0.15) is 17.3 Å². The van der Waals surface area contributed by atoms with Gasteiger partial charge in [-0.2, -0.15) is 0 Å². The number of hydrogen-bond acceptors (Lipinski definition) is 3. The van der Waals surface area contributed by atoms with Gasteiger partial charge in [-0.1, -0.05) is 30.3 Å². The SMILES string of the molecule is NC(c1ccccc1)c1cscn1. The first kappa shape index (κ1) is 8.41. The summed E-state index contributed by atoms with van der Waals surface area (Å²) in [5.41, 5.74) is 9.85. The molecule has 0 aliphatic rings. The van der Waals surface area contributed by atoms with E-state index >= 15 is 0 Å². The first-order valence-electron chi connectivity index (χ1n) is 4.06. The number of benzene rings is 1. The quantitative estimate of drug-likeness (QED) is 0.788. The molecule has 1 atom stereocenters. The first-order valence-corrected chi connectivity index (χ1v) is 5.01. The number of hydrogen-bond donors (Lipinski definition) is 1. The predicted octanol–water partition coefficient (Wildman–Crippen LogP) is 2.19. The number of nitrogens with zero attached hydrogens (tertiary/aromatic N) is 1. The van der Waals surface area contributed by atoms with Crippen molar-refractivity contribution in [2.75, 3.05) is 0 Å². The highest BCUT2D eigenvalue weighted by Crippen LogP contribution is 2.18. The van der Waals surface area contributed by atoms with Crippen molar-refractivity contribution in [2.45, 2.75) is 6.04 Å². The van der Waals surface area contributed by atoms with Gasteiger partial charge < -0.3 is 5.73 Å². The summed E-state index contributed by atoms with van der Waals surface area (Å²) in [5, 5.41) is 1.98. The predicted molar refractivity (Wildman–Crippen MR) is 54.6 cm³/mol. The molecule has 2 rings (SSSR count). The van der Waals surface area contributed by atoms with Gasteiger partial charge in [0.2, 0.25) is 0 Å². The number of rotatable bonds is 2. The van der Waals surface area contributed by atoms with Gasteiger partial charge in [0, 0.05) is 5.38 Å². The number of nitrogens with two attached hydrogens (primary N) is 1. The summed E-state index contributed by atoms with van der Waals surface area (Å²) in [6.45, 7) is 0. The molecule has 0 bridgehead atoms. The van der Waals surface area contributed by atoms with Crippen molar-refractivity contribution < 1.29 is 0 Å². The van der Waals surface area contributed by atoms with Crippen LogP contribution in [-0.4, -0.2) is 4.98 Å². The molecule has 0 radical (unpaired) electrons. The van der Waals surface area contributed by atoms with Gasteiger partial charge in [0.1, 0.15) is 0 Å². The topological polar surface area (TPSA) is 38.9 Å². The molecule has 1 aromatic heterocycles. The van der Waals surface area contributed by atoms with Crippen LogP contribution in [0.2, 0.25) is 0 Å². The molecule has 0 fully saturated rings. The average Bonchev–Trinajstić information content (AvgIpc) is 2.71. The van der Waals surface area contributed by atoms with E-state index in [0.29, 0.717) is 0 Å². The lowest BCUT2D eigenvalue weighted by molar-refractivity contribution is 0.839. The summed E-state index contributed by atoms with van der Waals surface area (Å²) >= 11 is 1.57. The molecular weight excluding hydrogens is 180 g/mol. The zero-order chi connectivity index (χ0) is 9.10. The minimum Gasteiger partial charge on any atom is -0.319 e. The molecule has 66 valence electrons. The molecule has 1 heterocycles. The van der Waals surface area contributed by atoms with E-state index in [-0.39, 0.29) is 6.04 Å². The Morgan fingerprint density at radius 3 is 2.62 bits per heavy atom. The van der Waals surface area contributed by atoms with Gasteiger partial charge in [0.05, 0.1) is 17.2 Å². The molecule has 0 aliphatic heterocycles. The van der Waals surface area contributed by atoms with Crippen LogP contribution in [-0.2, 0) is 0 Å². The average molecular weight is 190 g/mol. The normalized spacial score (nSPS) is 12.7.